The van der Waals surface area contributed by atoms with Crippen LogP contribution in [0, 0.1) is 5.92 Å². The highest BCUT2D eigenvalue weighted by Crippen LogP contribution is 2.53. The lowest BCUT2D eigenvalue weighted by Crippen LogP contribution is -2.60. The van der Waals surface area contributed by atoms with E-state index in [9.17, 15) is 32.7 Å². The first-order valence-corrected chi connectivity index (χ1v) is 10.6. The lowest BCUT2D eigenvalue weighted by Gasteiger charge is -2.48. The molecule has 6 nitrogen and oxygen atoms in total. The molecular formula is C24H23F3N2O4. The van der Waals surface area contributed by atoms with E-state index in [1.165, 1.54) is 0 Å². The quantitative estimate of drug-likeness (QED) is 0.658. The molecule has 1 saturated carbocycles. The summed E-state index contributed by atoms with van der Waals surface area (Å²) >= 11 is 0. The highest BCUT2D eigenvalue weighted by molar-refractivity contribution is 6.07. The number of alkyl halides is 3. The summed E-state index contributed by atoms with van der Waals surface area (Å²) in [5, 5.41) is 9.95. The fourth-order valence-corrected chi connectivity index (χ4v) is 5.40. The summed E-state index contributed by atoms with van der Waals surface area (Å²) in [7, 11) is 0. The van der Waals surface area contributed by atoms with Crippen LogP contribution in [0.15, 0.2) is 48.5 Å². The van der Waals surface area contributed by atoms with Crippen molar-refractivity contribution in [2.24, 2.45) is 11.7 Å². The minimum absolute atomic E-state index is 0.104. The van der Waals surface area contributed by atoms with Gasteiger partial charge in [-0.25, -0.2) is 0 Å². The fourth-order valence-electron chi connectivity index (χ4n) is 5.40. The first kappa shape index (κ1) is 23.0. The Balaban J connectivity index is 1.81. The number of carbonyl (C=O) groups is 3. The molecule has 3 N–H and O–H groups in total. The zero-order chi connectivity index (χ0) is 24.0. The predicted molar refractivity (Wildman–Crippen MR) is 114 cm³/mol. The standard InChI is InChI=1S/C24H23F3N2O4/c25-24(26,27)15-10-8-14(9-11-15)21(31)29-18-6-2-1-4-16(18)20(17-5-3-7-19(17)29)23(28,12-13-30)22(32)33/h1-2,4,6,8-11,13,17,19-20H,3,5,7,12,28H2,(H,32,33). The van der Waals surface area contributed by atoms with Crippen molar-refractivity contribution in [1.29, 1.82) is 0 Å². The number of aliphatic carboxylic acids is 1. The van der Waals surface area contributed by atoms with E-state index >= 15 is 0 Å². The van der Waals surface area contributed by atoms with Crippen LogP contribution in [0.3, 0.4) is 0 Å². The molecule has 1 aliphatic carbocycles. The van der Waals surface area contributed by atoms with Gasteiger partial charge in [0.25, 0.3) is 5.91 Å². The molecule has 33 heavy (non-hydrogen) atoms. The first-order valence-electron chi connectivity index (χ1n) is 10.6. The fraction of sp³-hybridized carbons (Fsp3) is 0.375. The summed E-state index contributed by atoms with van der Waals surface area (Å²) in [6, 6.07) is 10.5. The van der Waals surface area contributed by atoms with Crippen molar-refractivity contribution in [3.63, 3.8) is 0 Å². The molecule has 4 atom stereocenters. The average molecular weight is 460 g/mol. The smallest absolute Gasteiger partial charge is 0.416 e. The van der Waals surface area contributed by atoms with E-state index in [4.69, 9.17) is 5.73 Å². The molecule has 2 aromatic carbocycles. The lowest BCUT2D eigenvalue weighted by atomic mass is 9.66. The third-order valence-corrected chi connectivity index (χ3v) is 6.87. The molecule has 1 amide bonds. The second kappa shape index (κ2) is 8.30. The maximum Gasteiger partial charge on any atom is 0.416 e. The lowest BCUT2D eigenvalue weighted by molar-refractivity contribution is -0.146. The number of fused-ring (bicyclic) bond motifs is 2. The number of carboxylic acids is 1. The van der Waals surface area contributed by atoms with Gasteiger partial charge in [0.05, 0.1) is 5.56 Å². The number of carbonyl (C=O) groups excluding carboxylic acids is 2. The van der Waals surface area contributed by atoms with Gasteiger partial charge in [-0.05, 0) is 54.7 Å². The van der Waals surface area contributed by atoms with Crippen LogP contribution < -0.4 is 10.6 Å². The summed E-state index contributed by atoms with van der Waals surface area (Å²) in [5.74, 6) is -2.75. The van der Waals surface area contributed by atoms with E-state index < -0.39 is 35.1 Å². The Morgan fingerprint density at radius 3 is 2.36 bits per heavy atom. The molecule has 174 valence electrons. The van der Waals surface area contributed by atoms with Crippen molar-refractivity contribution in [2.75, 3.05) is 4.90 Å². The normalized spacial score (nSPS) is 23.9. The Morgan fingerprint density at radius 2 is 1.76 bits per heavy atom. The molecule has 1 aliphatic heterocycles. The number of hydrogen-bond donors (Lipinski definition) is 2. The molecule has 4 rings (SSSR count). The largest absolute Gasteiger partial charge is 0.480 e. The number of para-hydroxylation sites is 1. The molecule has 0 radical (unpaired) electrons. The Bertz CT molecular complexity index is 1090. The van der Waals surface area contributed by atoms with E-state index in [1.54, 1.807) is 29.2 Å². The van der Waals surface area contributed by atoms with E-state index in [1.807, 2.05) is 0 Å². The predicted octanol–water partition coefficient (Wildman–Crippen LogP) is 3.99. The van der Waals surface area contributed by atoms with Gasteiger partial charge in [-0.3, -0.25) is 9.59 Å². The third kappa shape index (κ3) is 3.80. The Hall–Kier alpha value is -3.20. The molecule has 1 fully saturated rings. The number of halogens is 3. The monoisotopic (exact) mass is 460 g/mol. The number of aldehydes is 1. The highest BCUT2D eigenvalue weighted by atomic mass is 19.4. The molecule has 0 aromatic heterocycles. The second-order valence-corrected chi connectivity index (χ2v) is 8.67. The molecule has 2 aliphatic rings. The highest BCUT2D eigenvalue weighted by Gasteiger charge is 2.55. The van der Waals surface area contributed by atoms with Crippen LogP contribution >= 0.6 is 0 Å². The van der Waals surface area contributed by atoms with Crippen molar-refractivity contribution in [1.82, 2.24) is 0 Å². The molecule has 0 bridgehead atoms. The van der Waals surface area contributed by atoms with Crippen molar-refractivity contribution < 1.29 is 32.7 Å². The SMILES string of the molecule is NC(CC=O)(C(=O)O)C1c2ccccc2N(C(=O)c2ccc(C(F)(F)F)cc2)C2CCCC21. The van der Waals surface area contributed by atoms with Crippen molar-refractivity contribution in [3.8, 4) is 0 Å². The molecule has 2 aromatic rings. The van der Waals surface area contributed by atoms with Gasteiger partial charge in [-0.2, -0.15) is 13.2 Å². The van der Waals surface area contributed by atoms with Gasteiger partial charge in [0.2, 0.25) is 0 Å². The number of rotatable bonds is 5. The third-order valence-electron chi connectivity index (χ3n) is 6.87. The molecule has 0 saturated heterocycles. The summed E-state index contributed by atoms with van der Waals surface area (Å²) < 4.78 is 38.9. The van der Waals surface area contributed by atoms with Crippen molar-refractivity contribution >= 4 is 23.9 Å². The number of benzene rings is 2. The van der Waals surface area contributed by atoms with Gasteiger partial charge in [-0.1, -0.05) is 24.6 Å². The summed E-state index contributed by atoms with van der Waals surface area (Å²) in [4.78, 5) is 38.6. The van der Waals surface area contributed by atoms with Gasteiger partial charge < -0.3 is 20.5 Å². The molecular weight excluding hydrogens is 437 g/mol. The number of nitrogens with two attached hydrogens (primary N) is 1. The van der Waals surface area contributed by atoms with E-state index in [0.29, 0.717) is 30.4 Å². The molecule has 1 heterocycles. The number of nitrogens with zero attached hydrogens (tertiary/aromatic N) is 1. The summed E-state index contributed by atoms with van der Waals surface area (Å²) in [6.45, 7) is 0. The Morgan fingerprint density at radius 1 is 1.09 bits per heavy atom. The molecule has 4 unspecified atom stereocenters. The van der Waals surface area contributed by atoms with Crippen LogP contribution in [-0.2, 0) is 15.8 Å². The zero-order valence-electron chi connectivity index (χ0n) is 17.6. The number of hydrogen-bond acceptors (Lipinski definition) is 4. The van der Waals surface area contributed by atoms with Crippen molar-refractivity contribution in [2.45, 2.75) is 49.4 Å². The van der Waals surface area contributed by atoms with Crippen LogP contribution in [0.1, 0.15) is 53.1 Å². The topological polar surface area (TPSA) is 101 Å². The minimum atomic E-state index is -4.51. The van der Waals surface area contributed by atoms with Crippen LogP contribution in [0.2, 0.25) is 0 Å². The van der Waals surface area contributed by atoms with E-state index in [2.05, 4.69) is 0 Å². The van der Waals surface area contributed by atoms with Crippen LogP contribution in [0.5, 0.6) is 0 Å². The van der Waals surface area contributed by atoms with Gasteiger partial charge in [-0.15, -0.1) is 0 Å². The van der Waals surface area contributed by atoms with Gasteiger partial charge in [0.15, 0.2) is 0 Å². The van der Waals surface area contributed by atoms with Crippen LogP contribution in [0.25, 0.3) is 0 Å². The summed E-state index contributed by atoms with van der Waals surface area (Å²) in [6.07, 6.45) is -2.45. The minimum Gasteiger partial charge on any atom is -0.480 e. The maximum absolute atomic E-state index is 13.5. The Labute approximate surface area is 188 Å². The number of carboxylic acid groups (broad SMARTS) is 1. The average Bonchev–Trinajstić information content (AvgIpc) is 3.25. The molecule has 9 heteroatoms. The van der Waals surface area contributed by atoms with Gasteiger partial charge >= 0.3 is 12.1 Å². The van der Waals surface area contributed by atoms with Gasteiger partial charge in [0, 0.05) is 29.6 Å². The second-order valence-electron chi connectivity index (χ2n) is 8.67. The van der Waals surface area contributed by atoms with Crippen molar-refractivity contribution in [3.05, 3.63) is 65.2 Å². The van der Waals surface area contributed by atoms with E-state index in [0.717, 1.165) is 30.7 Å². The van der Waals surface area contributed by atoms with Crippen LogP contribution in [-0.4, -0.2) is 34.8 Å². The Kier molecular flexibility index (Phi) is 5.78. The van der Waals surface area contributed by atoms with Crippen LogP contribution in [0.4, 0.5) is 18.9 Å². The zero-order valence-corrected chi connectivity index (χ0v) is 17.6. The van der Waals surface area contributed by atoms with Gasteiger partial charge in [0.1, 0.15) is 11.8 Å². The molecule has 0 spiro atoms. The summed E-state index contributed by atoms with van der Waals surface area (Å²) in [5.41, 5.74) is 4.78. The van der Waals surface area contributed by atoms with E-state index in [-0.39, 0.29) is 23.9 Å². The first-order chi connectivity index (χ1) is 15.6. The number of anilines is 1. The maximum atomic E-state index is 13.5. The number of amides is 1.